The highest BCUT2D eigenvalue weighted by atomic mass is 31.1. The Bertz CT molecular complexity index is 2150. The Kier molecular flexibility index (Phi) is 11.3. The summed E-state index contributed by atoms with van der Waals surface area (Å²) >= 11 is 0. The summed E-state index contributed by atoms with van der Waals surface area (Å²) in [6, 6.07) is 77.4. The van der Waals surface area contributed by atoms with Gasteiger partial charge in [-0.2, -0.15) is 0 Å². The first kappa shape index (κ1) is 35.3. The van der Waals surface area contributed by atoms with Crippen molar-refractivity contribution < 1.29 is 9.47 Å². The van der Waals surface area contributed by atoms with Crippen LogP contribution in [0.3, 0.4) is 0 Å². The van der Waals surface area contributed by atoms with Gasteiger partial charge in [-0.25, -0.2) is 0 Å². The molecule has 0 bridgehead atoms. The Balaban J connectivity index is 1.08. The minimum Gasteiger partial charge on any atom is -0.488 e. The predicted molar refractivity (Wildman–Crippen MR) is 231 cm³/mol. The van der Waals surface area contributed by atoms with Crippen LogP contribution in [-0.4, -0.2) is 0 Å². The average molecular weight is 735 g/mol. The fourth-order valence-corrected chi connectivity index (χ4v) is 11.7. The Hall–Kier alpha value is -5.78. The smallest absolute Gasteiger partial charge is 0.127 e. The Labute approximate surface area is 321 Å². The molecule has 0 N–H and O–H groups in total. The number of para-hydroxylation sites is 2. The van der Waals surface area contributed by atoms with Crippen molar-refractivity contribution in [3.8, 4) is 22.6 Å². The summed E-state index contributed by atoms with van der Waals surface area (Å²) in [5.41, 5.74) is 4.37. The van der Waals surface area contributed by atoms with Crippen LogP contribution in [0.25, 0.3) is 11.1 Å². The van der Waals surface area contributed by atoms with Gasteiger partial charge in [0.2, 0.25) is 0 Å². The molecule has 0 aromatic heterocycles. The van der Waals surface area contributed by atoms with Gasteiger partial charge in [-0.05, 0) is 70.9 Å². The van der Waals surface area contributed by atoms with Crippen molar-refractivity contribution in [3.05, 3.63) is 230 Å². The van der Waals surface area contributed by atoms with Crippen molar-refractivity contribution in [2.24, 2.45) is 0 Å². The molecule has 0 fully saturated rings. The molecule has 0 unspecified atom stereocenters. The van der Waals surface area contributed by atoms with E-state index in [-0.39, 0.29) is 0 Å². The van der Waals surface area contributed by atoms with Gasteiger partial charge in [-0.1, -0.05) is 206 Å². The van der Waals surface area contributed by atoms with E-state index in [4.69, 9.17) is 9.47 Å². The van der Waals surface area contributed by atoms with Crippen molar-refractivity contribution in [3.63, 3.8) is 0 Å². The van der Waals surface area contributed by atoms with Crippen molar-refractivity contribution in [2.45, 2.75) is 13.2 Å². The van der Waals surface area contributed by atoms with Gasteiger partial charge in [0.1, 0.15) is 24.7 Å². The largest absolute Gasteiger partial charge is 0.488 e. The van der Waals surface area contributed by atoms with E-state index in [1.807, 2.05) is 12.1 Å². The number of hydrogen-bond donors (Lipinski definition) is 0. The van der Waals surface area contributed by atoms with E-state index in [1.165, 1.54) is 43.0 Å². The molecule has 8 aromatic carbocycles. The fraction of sp³-hybridized carbons (Fsp3) is 0.0400. The topological polar surface area (TPSA) is 18.5 Å². The SMILES string of the molecule is c1ccc(P(c2ccccc2)c2ccccc2COc2ccccc2-c2ccccc2OCc2ccccc2P(c2ccccc2)c2ccccc2)cc1. The van der Waals surface area contributed by atoms with Gasteiger partial charge < -0.3 is 9.47 Å². The maximum absolute atomic E-state index is 6.76. The minimum absolute atomic E-state index is 0.449. The molecular weight excluding hydrogens is 694 g/mol. The molecule has 0 aliphatic rings. The van der Waals surface area contributed by atoms with Gasteiger partial charge >= 0.3 is 0 Å². The van der Waals surface area contributed by atoms with E-state index in [1.54, 1.807) is 0 Å². The standard InChI is InChI=1S/C50H40O2P2/c1-5-23-41(24-6-1)53(42-25-7-2-8-26-42)49-35-19-13-21-39(49)37-51-47-33-17-15-31-45(47)46-32-16-18-34-48(46)52-38-40-22-14-20-36-50(40)54(43-27-9-3-10-28-43)44-29-11-4-12-30-44/h1-36H,37-38H2. The third kappa shape index (κ3) is 8.07. The van der Waals surface area contributed by atoms with Crippen LogP contribution in [0.5, 0.6) is 11.5 Å². The third-order valence-corrected chi connectivity index (χ3v) is 14.4. The normalized spacial score (nSPS) is 11.1. The van der Waals surface area contributed by atoms with Crippen LogP contribution >= 0.6 is 15.8 Å². The molecule has 8 rings (SSSR count). The van der Waals surface area contributed by atoms with Crippen LogP contribution in [0.4, 0.5) is 0 Å². The summed E-state index contributed by atoms with van der Waals surface area (Å²) in [6.07, 6.45) is 0. The molecule has 54 heavy (non-hydrogen) atoms. The fourth-order valence-electron chi connectivity index (χ4n) is 6.81. The molecule has 0 amide bonds. The maximum Gasteiger partial charge on any atom is 0.127 e. The Morgan fingerprint density at radius 2 is 0.556 bits per heavy atom. The molecule has 0 aliphatic carbocycles. The summed E-state index contributed by atoms with van der Waals surface area (Å²) in [6.45, 7) is 0.898. The van der Waals surface area contributed by atoms with Crippen molar-refractivity contribution in [1.29, 1.82) is 0 Å². The quantitative estimate of drug-likeness (QED) is 0.110. The molecule has 0 atom stereocenters. The van der Waals surface area contributed by atoms with Crippen LogP contribution in [-0.2, 0) is 13.2 Å². The van der Waals surface area contributed by atoms with Crippen molar-refractivity contribution in [2.75, 3.05) is 0 Å². The molecule has 2 nitrogen and oxygen atoms in total. The zero-order valence-corrected chi connectivity index (χ0v) is 31.7. The van der Waals surface area contributed by atoms with E-state index >= 15 is 0 Å². The van der Waals surface area contributed by atoms with E-state index in [0.717, 1.165) is 22.6 Å². The van der Waals surface area contributed by atoms with Crippen LogP contribution in [0.15, 0.2) is 218 Å². The minimum atomic E-state index is -0.767. The molecule has 8 aromatic rings. The van der Waals surface area contributed by atoms with Crippen molar-refractivity contribution >= 4 is 47.7 Å². The highest BCUT2D eigenvalue weighted by molar-refractivity contribution is 7.80. The molecule has 0 aliphatic heterocycles. The highest BCUT2D eigenvalue weighted by Crippen LogP contribution is 2.39. The number of hydrogen-bond acceptors (Lipinski definition) is 2. The summed E-state index contributed by atoms with van der Waals surface area (Å²) in [7, 11) is -1.53. The van der Waals surface area contributed by atoms with Gasteiger partial charge in [0.25, 0.3) is 0 Å². The first-order chi connectivity index (χ1) is 26.8. The van der Waals surface area contributed by atoms with Gasteiger partial charge in [0, 0.05) is 11.1 Å². The molecular formula is C50H40O2P2. The lowest BCUT2D eigenvalue weighted by molar-refractivity contribution is 0.304. The summed E-state index contributed by atoms with van der Waals surface area (Å²) < 4.78 is 13.5. The van der Waals surface area contributed by atoms with Gasteiger partial charge in [-0.3, -0.25) is 0 Å². The lowest BCUT2D eigenvalue weighted by Gasteiger charge is -2.23. The zero-order chi connectivity index (χ0) is 36.4. The number of rotatable bonds is 13. The molecule has 262 valence electrons. The summed E-state index contributed by atoms with van der Waals surface area (Å²) in [5.74, 6) is 1.65. The Morgan fingerprint density at radius 3 is 0.907 bits per heavy atom. The van der Waals surface area contributed by atoms with Crippen LogP contribution in [0, 0.1) is 0 Å². The second-order valence-corrected chi connectivity index (χ2v) is 17.2. The lowest BCUT2D eigenvalue weighted by atomic mass is 10.0. The Morgan fingerprint density at radius 1 is 0.278 bits per heavy atom. The molecule has 0 heterocycles. The summed E-state index contributed by atoms with van der Waals surface area (Å²) in [5, 5.41) is 7.88. The molecule has 0 spiro atoms. The van der Waals surface area contributed by atoms with Crippen LogP contribution < -0.4 is 41.3 Å². The first-order valence-corrected chi connectivity index (χ1v) is 20.9. The van der Waals surface area contributed by atoms with E-state index in [2.05, 4.69) is 206 Å². The molecule has 0 saturated carbocycles. The molecule has 4 heteroatoms. The summed E-state index contributed by atoms with van der Waals surface area (Å²) in [4.78, 5) is 0. The second-order valence-electron chi connectivity index (χ2n) is 12.8. The van der Waals surface area contributed by atoms with Crippen molar-refractivity contribution in [1.82, 2.24) is 0 Å². The second kappa shape index (κ2) is 17.4. The highest BCUT2D eigenvalue weighted by Gasteiger charge is 2.22. The first-order valence-electron chi connectivity index (χ1n) is 18.2. The maximum atomic E-state index is 6.76. The van der Waals surface area contributed by atoms with Gasteiger partial charge in [0.15, 0.2) is 0 Å². The monoisotopic (exact) mass is 734 g/mol. The number of ether oxygens (including phenoxy) is 2. The van der Waals surface area contributed by atoms with E-state index in [9.17, 15) is 0 Å². The molecule has 0 saturated heterocycles. The predicted octanol–water partition coefficient (Wildman–Crippen LogP) is 10.0. The van der Waals surface area contributed by atoms with Crippen LogP contribution in [0.1, 0.15) is 11.1 Å². The van der Waals surface area contributed by atoms with E-state index in [0.29, 0.717) is 13.2 Å². The van der Waals surface area contributed by atoms with Gasteiger partial charge in [0.05, 0.1) is 0 Å². The lowest BCUT2D eigenvalue weighted by Crippen LogP contribution is -2.24. The average Bonchev–Trinajstić information content (AvgIpc) is 3.25. The van der Waals surface area contributed by atoms with Crippen LogP contribution in [0.2, 0.25) is 0 Å². The number of benzene rings is 8. The van der Waals surface area contributed by atoms with E-state index < -0.39 is 15.8 Å². The molecule has 0 radical (unpaired) electrons. The third-order valence-electron chi connectivity index (χ3n) is 9.35. The van der Waals surface area contributed by atoms with Gasteiger partial charge in [-0.15, -0.1) is 0 Å². The zero-order valence-electron chi connectivity index (χ0n) is 29.9.